The minimum Gasteiger partial charge on any atom is -0.455 e. The molecule has 0 fully saturated rings. The standard InChI is InChI=1S/C40H45N2O/c1-24-31-19-26(21-38(2,3)4)13-15-30(31)32(23-39(5,6)7)37-33(24)35-34-27(16-17-42(35)11)20-28-18-25(22-40(8,9)41-10)12-14-29(28)36(34)43-37/h12-20H,21-23H2,1-9,11H3/q+1. The first-order valence-electron chi connectivity index (χ1n) is 15.6. The van der Waals surface area contributed by atoms with Crippen LogP contribution in [0.1, 0.15) is 77.6 Å². The van der Waals surface area contributed by atoms with Gasteiger partial charge in [0, 0.05) is 30.9 Å². The average Bonchev–Trinajstić information content (AvgIpc) is 2.90. The Balaban J connectivity index is 1.68. The zero-order valence-corrected chi connectivity index (χ0v) is 27.6. The van der Waals surface area contributed by atoms with Gasteiger partial charge in [-0.2, -0.15) is 0 Å². The number of pyridine rings is 1. The molecule has 0 aliphatic carbocycles. The Morgan fingerprint density at radius 1 is 0.721 bits per heavy atom. The second-order valence-corrected chi connectivity index (χ2v) is 15.9. The summed E-state index contributed by atoms with van der Waals surface area (Å²) in [5.74, 6) is 1.95. The van der Waals surface area contributed by atoms with Gasteiger partial charge in [-0.3, -0.25) is 0 Å². The molecule has 5 aromatic rings. The van der Waals surface area contributed by atoms with E-state index in [9.17, 15) is 0 Å². The van der Waals surface area contributed by atoms with Crippen molar-refractivity contribution in [3.8, 4) is 22.8 Å². The quantitative estimate of drug-likeness (QED) is 0.117. The van der Waals surface area contributed by atoms with E-state index in [1.165, 1.54) is 55.1 Å². The van der Waals surface area contributed by atoms with Crippen LogP contribution in [0.4, 0.5) is 0 Å². The topological polar surface area (TPSA) is 17.5 Å². The number of aromatic nitrogens is 1. The van der Waals surface area contributed by atoms with Crippen molar-refractivity contribution < 1.29 is 9.30 Å². The lowest BCUT2D eigenvalue weighted by Crippen LogP contribution is -2.32. The second-order valence-electron chi connectivity index (χ2n) is 15.9. The summed E-state index contributed by atoms with van der Waals surface area (Å²) in [6, 6.07) is 18.2. The van der Waals surface area contributed by atoms with E-state index in [1.54, 1.807) is 0 Å². The molecule has 0 N–H and O–H groups in total. The third kappa shape index (κ3) is 5.27. The van der Waals surface area contributed by atoms with Crippen molar-refractivity contribution in [2.45, 2.75) is 87.1 Å². The highest BCUT2D eigenvalue weighted by atomic mass is 16.5. The molecule has 6 rings (SSSR count). The Bertz CT molecular complexity index is 1990. The van der Waals surface area contributed by atoms with Crippen LogP contribution in [0.15, 0.2) is 54.7 Å². The zero-order valence-electron chi connectivity index (χ0n) is 27.6. The predicted molar refractivity (Wildman–Crippen MR) is 181 cm³/mol. The molecule has 3 nitrogen and oxygen atoms in total. The van der Waals surface area contributed by atoms with Crippen molar-refractivity contribution in [3.63, 3.8) is 0 Å². The van der Waals surface area contributed by atoms with Gasteiger partial charge in [-0.25, -0.2) is 11.1 Å². The van der Waals surface area contributed by atoms with E-state index < -0.39 is 5.54 Å². The number of hydrogen-bond donors (Lipinski definition) is 0. The largest absolute Gasteiger partial charge is 0.455 e. The maximum absolute atomic E-state index is 7.62. The molecule has 0 unspecified atom stereocenters. The molecule has 1 aromatic heterocycles. The Labute approximate surface area is 257 Å². The molecule has 3 heteroatoms. The lowest BCUT2D eigenvalue weighted by atomic mass is 9.80. The van der Waals surface area contributed by atoms with E-state index in [0.29, 0.717) is 0 Å². The van der Waals surface area contributed by atoms with Gasteiger partial charge in [0.1, 0.15) is 18.5 Å². The number of fused-ring (bicyclic) bond motifs is 5. The van der Waals surface area contributed by atoms with Gasteiger partial charge < -0.3 is 9.58 Å². The minimum atomic E-state index is -0.428. The van der Waals surface area contributed by atoms with E-state index in [2.05, 4.69) is 120 Å². The molecule has 0 saturated carbocycles. The lowest BCUT2D eigenvalue weighted by Gasteiger charge is -2.29. The van der Waals surface area contributed by atoms with Crippen molar-refractivity contribution in [3.05, 3.63) is 88.4 Å². The van der Waals surface area contributed by atoms with Crippen LogP contribution in [0.2, 0.25) is 0 Å². The molecular weight excluding hydrogens is 524 g/mol. The molecule has 0 radical (unpaired) electrons. The Hall–Kier alpha value is -3.90. The van der Waals surface area contributed by atoms with E-state index >= 15 is 0 Å². The summed E-state index contributed by atoms with van der Waals surface area (Å²) in [5.41, 5.74) is 7.46. The monoisotopic (exact) mass is 569 g/mol. The summed E-state index contributed by atoms with van der Waals surface area (Å²) in [5, 5.41) is 7.26. The normalized spacial score (nSPS) is 13.3. The number of rotatable bonds is 4. The first kappa shape index (κ1) is 29.2. The van der Waals surface area contributed by atoms with Gasteiger partial charge >= 0.3 is 0 Å². The van der Waals surface area contributed by atoms with Crippen LogP contribution >= 0.6 is 0 Å². The van der Waals surface area contributed by atoms with Crippen molar-refractivity contribution >= 4 is 32.3 Å². The van der Waals surface area contributed by atoms with Crippen LogP contribution < -0.4 is 9.30 Å². The summed E-state index contributed by atoms with van der Waals surface area (Å²) in [7, 11) is 2.16. The Morgan fingerprint density at radius 3 is 2.02 bits per heavy atom. The van der Waals surface area contributed by atoms with Gasteiger partial charge in [0.15, 0.2) is 6.20 Å². The summed E-state index contributed by atoms with van der Waals surface area (Å²) in [4.78, 5) is 3.85. The molecule has 4 aromatic carbocycles. The molecule has 0 spiro atoms. The lowest BCUT2D eigenvalue weighted by molar-refractivity contribution is -0.659. The first-order chi connectivity index (χ1) is 20.0. The smallest absolute Gasteiger partial charge is 0.231 e. The van der Waals surface area contributed by atoms with Gasteiger partial charge in [-0.1, -0.05) is 77.9 Å². The highest BCUT2D eigenvalue weighted by Gasteiger charge is 2.35. The first-order valence-corrected chi connectivity index (χ1v) is 15.6. The number of benzene rings is 4. The van der Waals surface area contributed by atoms with Crippen LogP contribution in [0.25, 0.3) is 48.4 Å². The number of hydrogen-bond acceptors (Lipinski definition) is 1. The fourth-order valence-electron chi connectivity index (χ4n) is 6.99. The van der Waals surface area contributed by atoms with Gasteiger partial charge in [-0.05, 0) is 74.9 Å². The SMILES string of the molecule is [C-]#[N+]C(C)(C)Cc1ccc2c3c4c([n+](C)ccc4cc2c1)-c1c(c(CC(C)(C)C)c2ccc(CC(C)(C)C)cc2c1C)O3. The number of aryl methyl sites for hydroxylation is 2. The fourth-order valence-corrected chi connectivity index (χ4v) is 6.99. The van der Waals surface area contributed by atoms with E-state index in [4.69, 9.17) is 11.3 Å². The summed E-state index contributed by atoms with van der Waals surface area (Å²) in [6.45, 7) is 27.8. The molecule has 2 heterocycles. The molecule has 0 bridgehead atoms. The molecule has 1 aliphatic rings. The fraction of sp³-hybridized carbons (Fsp3) is 0.400. The van der Waals surface area contributed by atoms with Crippen LogP contribution in [-0.2, 0) is 26.3 Å². The third-order valence-electron chi connectivity index (χ3n) is 8.77. The zero-order chi connectivity index (χ0) is 31.1. The molecule has 220 valence electrons. The van der Waals surface area contributed by atoms with E-state index in [-0.39, 0.29) is 10.8 Å². The second kappa shape index (κ2) is 9.81. The van der Waals surface area contributed by atoms with Crippen molar-refractivity contribution in [2.75, 3.05) is 0 Å². The number of ether oxygens (including phenoxy) is 1. The average molecular weight is 570 g/mol. The van der Waals surface area contributed by atoms with Gasteiger partial charge in [-0.15, -0.1) is 0 Å². The van der Waals surface area contributed by atoms with Gasteiger partial charge in [0.05, 0.1) is 17.4 Å². The summed E-state index contributed by atoms with van der Waals surface area (Å²) >= 11 is 0. The Morgan fingerprint density at radius 2 is 1.37 bits per heavy atom. The molecule has 0 saturated heterocycles. The molecule has 0 amide bonds. The number of nitrogens with zero attached hydrogens (tertiary/aromatic N) is 2. The van der Waals surface area contributed by atoms with Crippen LogP contribution in [-0.4, -0.2) is 5.54 Å². The molecule has 1 aliphatic heterocycles. The van der Waals surface area contributed by atoms with Crippen molar-refractivity contribution in [1.29, 1.82) is 0 Å². The van der Waals surface area contributed by atoms with Crippen LogP contribution in [0, 0.1) is 24.3 Å². The third-order valence-corrected chi connectivity index (χ3v) is 8.77. The highest BCUT2D eigenvalue weighted by molar-refractivity contribution is 6.13. The molecular formula is C40H45N2O+. The van der Waals surface area contributed by atoms with Crippen LogP contribution in [0.5, 0.6) is 11.5 Å². The predicted octanol–water partition coefficient (Wildman–Crippen LogP) is 10.5. The van der Waals surface area contributed by atoms with Gasteiger partial charge in [0.25, 0.3) is 0 Å². The molecule has 0 atom stereocenters. The summed E-state index contributed by atoms with van der Waals surface area (Å²) in [6.07, 6.45) is 4.87. The van der Waals surface area contributed by atoms with E-state index in [0.717, 1.165) is 41.5 Å². The molecule has 43 heavy (non-hydrogen) atoms. The minimum absolute atomic E-state index is 0.0846. The Kier molecular flexibility index (Phi) is 6.66. The maximum Gasteiger partial charge on any atom is 0.231 e. The van der Waals surface area contributed by atoms with Crippen molar-refractivity contribution in [2.24, 2.45) is 17.9 Å². The van der Waals surface area contributed by atoms with Gasteiger partial charge in [0.2, 0.25) is 11.2 Å². The van der Waals surface area contributed by atoms with Crippen molar-refractivity contribution in [1.82, 2.24) is 0 Å². The van der Waals surface area contributed by atoms with E-state index in [1.807, 2.05) is 13.8 Å². The van der Waals surface area contributed by atoms with Crippen LogP contribution in [0.3, 0.4) is 0 Å². The maximum atomic E-state index is 7.62. The summed E-state index contributed by atoms with van der Waals surface area (Å²) < 4.78 is 9.48. The highest BCUT2D eigenvalue weighted by Crippen LogP contribution is 2.53.